The molecule has 0 saturated carbocycles. The molecule has 0 aliphatic rings. The normalized spacial score (nSPS) is 11.9. The first-order valence-corrected chi connectivity index (χ1v) is 6.99. The molecular weight excluding hydrogens is 226 g/mol. The minimum atomic E-state index is 0.299. The number of nitrogens with two attached hydrogens (primary N) is 1. The minimum absolute atomic E-state index is 0.299. The smallest absolute Gasteiger partial charge is 0.169 e. The monoisotopic (exact) mass is 245 g/mol. The molecule has 0 amide bonds. The van der Waals surface area contributed by atoms with Crippen LogP contribution in [0.2, 0.25) is 0 Å². The topological polar surface area (TPSA) is 51.8 Å². The van der Waals surface area contributed by atoms with Crippen LogP contribution in [-0.2, 0) is 0 Å². The van der Waals surface area contributed by atoms with Gasteiger partial charge in [0.05, 0.1) is 0 Å². The van der Waals surface area contributed by atoms with E-state index in [1.807, 2.05) is 0 Å². The van der Waals surface area contributed by atoms with Gasteiger partial charge >= 0.3 is 0 Å². The van der Waals surface area contributed by atoms with Crippen LogP contribution in [0.3, 0.4) is 0 Å². The fraction of sp³-hybridized carbons (Fsp3) is 0.800. The van der Waals surface area contributed by atoms with Crippen LogP contribution in [0.15, 0.2) is 10.7 Å². The standard InChI is InChI=1S/C10H19N3S2/c1-10(2,7-11)5-3-4-6-14-9-12-8-13-15-9/h8H,3-7,11H2,1-2H3. The van der Waals surface area contributed by atoms with Crippen molar-refractivity contribution in [2.45, 2.75) is 37.4 Å². The van der Waals surface area contributed by atoms with E-state index in [0.717, 1.165) is 16.6 Å². The second-order valence-electron chi connectivity index (χ2n) is 4.38. The van der Waals surface area contributed by atoms with Crippen molar-refractivity contribution >= 4 is 23.3 Å². The van der Waals surface area contributed by atoms with Gasteiger partial charge in [-0.3, -0.25) is 0 Å². The third-order valence-corrected chi connectivity index (χ3v) is 4.25. The first kappa shape index (κ1) is 12.9. The molecule has 0 spiro atoms. The number of thioether (sulfide) groups is 1. The summed E-state index contributed by atoms with van der Waals surface area (Å²) in [5.41, 5.74) is 5.98. The summed E-state index contributed by atoms with van der Waals surface area (Å²) in [4.78, 5) is 4.13. The third-order valence-electron chi connectivity index (χ3n) is 2.37. The van der Waals surface area contributed by atoms with Crippen molar-refractivity contribution in [3.63, 3.8) is 0 Å². The third kappa shape index (κ3) is 5.49. The van der Waals surface area contributed by atoms with Gasteiger partial charge in [-0.05, 0) is 36.3 Å². The molecule has 3 nitrogen and oxygen atoms in total. The first-order chi connectivity index (χ1) is 7.14. The highest BCUT2D eigenvalue weighted by atomic mass is 32.2. The summed E-state index contributed by atoms with van der Waals surface area (Å²) in [6.45, 7) is 5.23. The van der Waals surface area contributed by atoms with Crippen LogP contribution in [0.25, 0.3) is 0 Å². The van der Waals surface area contributed by atoms with Gasteiger partial charge in [0.2, 0.25) is 0 Å². The van der Waals surface area contributed by atoms with Crippen molar-refractivity contribution in [2.24, 2.45) is 11.1 Å². The SMILES string of the molecule is CC(C)(CN)CCCCSc1ncns1. The zero-order valence-electron chi connectivity index (χ0n) is 9.40. The molecule has 1 rings (SSSR count). The molecule has 1 heterocycles. The quantitative estimate of drug-likeness (QED) is 0.593. The lowest BCUT2D eigenvalue weighted by atomic mass is 9.88. The van der Waals surface area contributed by atoms with Crippen LogP contribution in [0.1, 0.15) is 33.1 Å². The Morgan fingerprint density at radius 3 is 2.87 bits per heavy atom. The molecule has 0 radical (unpaired) electrons. The number of nitrogens with zero attached hydrogens (tertiary/aromatic N) is 2. The molecule has 0 bridgehead atoms. The summed E-state index contributed by atoms with van der Waals surface area (Å²) in [7, 11) is 0. The number of aromatic nitrogens is 2. The van der Waals surface area contributed by atoms with Gasteiger partial charge in [0.15, 0.2) is 4.34 Å². The molecule has 5 heteroatoms. The van der Waals surface area contributed by atoms with Crippen LogP contribution in [-0.4, -0.2) is 21.7 Å². The van der Waals surface area contributed by atoms with E-state index in [9.17, 15) is 0 Å². The summed E-state index contributed by atoms with van der Waals surface area (Å²) < 4.78 is 5.04. The summed E-state index contributed by atoms with van der Waals surface area (Å²) in [5.74, 6) is 1.13. The van der Waals surface area contributed by atoms with Gasteiger partial charge < -0.3 is 5.73 Å². The van der Waals surface area contributed by atoms with E-state index in [1.54, 1.807) is 18.1 Å². The van der Waals surface area contributed by atoms with Crippen LogP contribution in [0, 0.1) is 5.41 Å². The highest BCUT2D eigenvalue weighted by Crippen LogP contribution is 2.24. The van der Waals surface area contributed by atoms with E-state index in [2.05, 4.69) is 23.2 Å². The maximum absolute atomic E-state index is 5.68. The highest BCUT2D eigenvalue weighted by Gasteiger charge is 2.14. The summed E-state index contributed by atoms with van der Waals surface area (Å²) in [6, 6.07) is 0. The predicted octanol–water partition coefficient (Wildman–Crippen LogP) is 2.79. The van der Waals surface area contributed by atoms with Crippen molar-refractivity contribution < 1.29 is 0 Å². The Hall–Kier alpha value is -0.130. The van der Waals surface area contributed by atoms with E-state index in [-0.39, 0.29) is 0 Å². The van der Waals surface area contributed by atoms with Crippen molar-refractivity contribution in [2.75, 3.05) is 12.3 Å². The molecule has 2 N–H and O–H groups in total. The van der Waals surface area contributed by atoms with E-state index in [4.69, 9.17) is 5.73 Å². The lowest BCUT2D eigenvalue weighted by molar-refractivity contribution is 0.336. The number of rotatable bonds is 7. The first-order valence-electron chi connectivity index (χ1n) is 5.23. The van der Waals surface area contributed by atoms with Gasteiger partial charge in [-0.2, -0.15) is 4.37 Å². The van der Waals surface area contributed by atoms with E-state index in [0.29, 0.717) is 5.41 Å². The summed E-state index contributed by atoms with van der Waals surface area (Å²) >= 11 is 3.27. The van der Waals surface area contributed by atoms with Crippen molar-refractivity contribution in [1.29, 1.82) is 0 Å². The lowest BCUT2D eigenvalue weighted by Gasteiger charge is -2.21. The van der Waals surface area contributed by atoms with E-state index >= 15 is 0 Å². The maximum Gasteiger partial charge on any atom is 0.169 e. The Bertz CT molecular complexity index is 260. The van der Waals surface area contributed by atoms with Crippen LogP contribution < -0.4 is 5.73 Å². The second-order valence-corrected chi connectivity index (χ2v) is 6.50. The zero-order chi connectivity index (χ0) is 11.1. The van der Waals surface area contributed by atoms with Crippen LogP contribution in [0.5, 0.6) is 0 Å². The predicted molar refractivity (Wildman–Crippen MR) is 67.3 cm³/mol. The van der Waals surface area contributed by atoms with Crippen LogP contribution >= 0.6 is 23.3 Å². The minimum Gasteiger partial charge on any atom is -0.330 e. The van der Waals surface area contributed by atoms with Crippen molar-refractivity contribution in [3.05, 3.63) is 6.33 Å². The zero-order valence-corrected chi connectivity index (χ0v) is 11.0. The Labute approximate surface area is 100 Å². The molecule has 0 aliphatic heterocycles. The molecule has 0 saturated heterocycles. The summed E-state index contributed by atoms with van der Waals surface area (Å²) in [6.07, 6.45) is 5.30. The average Bonchev–Trinajstić information content (AvgIpc) is 2.70. The average molecular weight is 245 g/mol. The fourth-order valence-electron chi connectivity index (χ4n) is 1.19. The van der Waals surface area contributed by atoms with Gasteiger partial charge in [-0.15, -0.1) is 0 Å². The van der Waals surface area contributed by atoms with Gasteiger partial charge in [-0.25, -0.2) is 4.98 Å². The van der Waals surface area contributed by atoms with E-state index in [1.165, 1.54) is 30.8 Å². The molecule has 15 heavy (non-hydrogen) atoms. The Balaban J connectivity index is 2.03. The Morgan fingerprint density at radius 2 is 2.27 bits per heavy atom. The molecular formula is C10H19N3S2. The Morgan fingerprint density at radius 1 is 1.47 bits per heavy atom. The van der Waals surface area contributed by atoms with Gasteiger partial charge in [0, 0.05) is 5.75 Å². The van der Waals surface area contributed by atoms with E-state index < -0.39 is 0 Å². The number of hydrogen-bond acceptors (Lipinski definition) is 5. The fourth-order valence-corrected chi connectivity index (χ4v) is 2.71. The maximum atomic E-state index is 5.68. The molecule has 1 aromatic heterocycles. The van der Waals surface area contributed by atoms with Crippen molar-refractivity contribution in [3.8, 4) is 0 Å². The van der Waals surface area contributed by atoms with Gasteiger partial charge in [0.1, 0.15) is 6.33 Å². The molecule has 0 fully saturated rings. The molecule has 0 unspecified atom stereocenters. The lowest BCUT2D eigenvalue weighted by Crippen LogP contribution is -2.23. The number of hydrogen-bond donors (Lipinski definition) is 1. The second kappa shape index (κ2) is 6.45. The number of unbranched alkanes of at least 4 members (excludes halogenated alkanes) is 1. The van der Waals surface area contributed by atoms with Crippen LogP contribution in [0.4, 0.5) is 0 Å². The van der Waals surface area contributed by atoms with Gasteiger partial charge in [-0.1, -0.05) is 32.0 Å². The van der Waals surface area contributed by atoms with Crippen molar-refractivity contribution in [1.82, 2.24) is 9.36 Å². The molecule has 86 valence electrons. The molecule has 1 aromatic rings. The summed E-state index contributed by atoms with van der Waals surface area (Å²) in [5, 5.41) is 0. The molecule has 0 aliphatic carbocycles. The largest absolute Gasteiger partial charge is 0.330 e. The Kier molecular flexibility index (Phi) is 5.56. The molecule has 0 atom stereocenters. The van der Waals surface area contributed by atoms with Gasteiger partial charge in [0.25, 0.3) is 0 Å². The highest BCUT2D eigenvalue weighted by molar-refractivity contribution is 8.00. The molecule has 0 aromatic carbocycles.